The predicted molar refractivity (Wildman–Crippen MR) is 94.1 cm³/mol. The van der Waals surface area contributed by atoms with Crippen LogP contribution < -0.4 is 10.1 Å². The van der Waals surface area contributed by atoms with Crippen LogP contribution in [0.15, 0.2) is 30.3 Å². The third-order valence-corrected chi connectivity index (χ3v) is 4.82. The Labute approximate surface area is 145 Å². The van der Waals surface area contributed by atoms with E-state index in [1.807, 2.05) is 37.3 Å². The zero-order valence-corrected chi connectivity index (χ0v) is 14.6. The van der Waals surface area contributed by atoms with E-state index in [0.29, 0.717) is 18.7 Å². The molecule has 2 aliphatic heterocycles. The molecule has 1 aromatic rings. The van der Waals surface area contributed by atoms with Crippen molar-refractivity contribution in [3.63, 3.8) is 0 Å². The largest absolute Gasteiger partial charge is 0.494 e. The first kappa shape index (κ1) is 18.1. The van der Waals surface area contributed by atoms with Crippen LogP contribution in [0.2, 0.25) is 0 Å². The van der Waals surface area contributed by atoms with Crippen LogP contribution in [0.3, 0.4) is 0 Å². The number of fused-ring (bicyclic) bond motifs is 2. The van der Waals surface area contributed by atoms with Crippen molar-refractivity contribution in [1.29, 1.82) is 0 Å². The number of nitrogens with zero attached hydrogens (tertiary/aromatic N) is 1. The number of amides is 1. The lowest BCUT2D eigenvalue weighted by atomic mass is 10.0. The Kier molecular flexibility index (Phi) is 6.72. The topological polar surface area (TPSA) is 41.6 Å². The number of rotatable bonds is 5. The molecule has 2 fully saturated rings. The third-order valence-electron chi connectivity index (χ3n) is 4.82. The summed E-state index contributed by atoms with van der Waals surface area (Å²) in [7, 11) is 0. The normalized spacial score (nSPS) is 24.5. The molecule has 4 nitrogen and oxygen atoms in total. The van der Waals surface area contributed by atoms with Crippen molar-refractivity contribution in [2.75, 3.05) is 19.7 Å². The van der Waals surface area contributed by atoms with Gasteiger partial charge in [0.15, 0.2) is 0 Å². The van der Waals surface area contributed by atoms with E-state index in [0.717, 1.165) is 31.7 Å². The smallest absolute Gasteiger partial charge is 0.225 e. The summed E-state index contributed by atoms with van der Waals surface area (Å²) in [4.78, 5) is 14.7. The number of ether oxygens (including phenoxy) is 1. The first-order chi connectivity index (χ1) is 10.7. The van der Waals surface area contributed by atoms with Crippen LogP contribution in [0, 0.1) is 5.92 Å². The fraction of sp³-hybridized carbons (Fsp3) is 0.611. The minimum absolute atomic E-state index is 0. The molecule has 1 amide bonds. The van der Waals surface area contributed by atoms with E-state index in [4.69, 9.17) is 4.74 Å². The van der Waals surface area contributed by atoms with Crippen molar-refractivity contribution in [3.8, 4) is 5.75 Å². The number of hydrogen-bond acceptors (Lipinski definition) is 3. The summed E-state index contributed by atoms with van der Waals surface area (Å²) >= 11 is 0. The lowest BCUT2D eigenvalue weighted by Gasteiger charge is -2.27. The number of carbonyl (C=O) groups excluding carboxylic acids is 1. The van der Waals surface area contributed by atoms with Crippen LogP contribution in [0.1, 0.15) is 32.6 Å². The van der Waals surface area contributed by atoms with E-state index < -0.39 is 0 Å². The first-order valence-electron chi connectivity index (χ1n) is 8.45. The van der Waals surface area contributed by atoms with Gasteiger partial charge in [-0.3, -0.25) is 4.79 Å². The van der Waals surface area contributed by atoms with Gasteiger partial charge in [0.25, 0.3) is 0 Å². The molecule has 1 aromatic carbocycles. The van der Waals surface area contributed by atoms with Crippen molar-refractivity contribution in [2.24, 2.45) is 5.92 Å². The highest BCUT2D eigenvalue weighted by molar-refractivity contribution is 5.85. The third kappa shape index (κ3) is 4.85. The van der Waals surface area contributed by atoms with Gasteiger partial charge in [-0.2, -0.15) is 0 Å². The predicted octanol–water partition coefficient (Wildman–Crippen LogP) is 2.87. The summed E-state index contributed by atoms with van der Waals surface area (Å²) in [6.45, 7) is 4.39. The van der Waals surface area contributed by atoms with Crippen molar-refractivity contribution in [3.05, 3.63) is 30.3 Å². The highest BCUT2D eigenvalue weighted by atomic mass is 35.5. The minimum atomic E-state index is 0. The van der Waals surface area contributed by atoms with E-state index in [1.54, 1.807) is 0 Å². The van der Waals surface area contributed by atoms with Crippen LogP contribution in [0.4, 0.5) is 0 Å². The van der Waals surface area contributed by atoms with Gasteiger partial charge in [-0.05, 0) is 37.8 Å². The van der Waals surface area contributed by atoms with Gasteiger partial charge < -0.3 is 15.0 Å². The Morgan fingerprint density at radius 3 is 2.78 bits per heavy atom. The highest BCUT2D eigenvalue weighted by Crippen LogP contribution is 2.22. The highest BCUT2D eigenvalue weighted by Gasteiger charge is 2.32. The number of halogens is 1. The lowest BCUT2D eigenvalue weighted by Crippen LogP contribution is -2.41. The average Bonchev–Trinajstić information content (AvgIpc) is 2.87. The van der Waals surface area contributed by atoms with Crippen LogP contribution in [-0.4, -0.2) is 42.6 Å². The van der Waals surface area contributed by atoms with E-state index >= 15 is 0 Å². The van der Waals surface area contributed by atoms with Crippen LogP contribution in [0.5, 0.6) is 5.75 Å². The molecule has 1 N–H and O–H groups in total. The molecule has 0 aliphatic carbocycles. The van der Waals surface area contributed by atoms with Crippen molar-refractivity contribution in [2.45, 2.75) is 44.7 Å². The fourth-order valence-corrected chi connectivity index (χ4v) is 3.45. The second kappa shape index (κ2) is 8.55. The summed E-state index contributed by atoms with van der Waals surface area (Å²) in [5.41, 5.74) is 0. The monoisotopic (exact) mass is 338 g/mol. The van der Waals surface area contributed by atoms with Gasteiger partial charge >= 0.3 is 0 Å². The molecule has 3 unspecified atom stereocenters. The van der Waals surface area contributed by atoms with Crippen LogP contribution in [-0.2, 0) is 4.79 Å². The molecule has 5 heteroatoms. The number of nitrogens with one attached hydrogen (secondary N) is 1. The number of benzene rings is 1. The molecule has 0 spiro atoms. The average molecular weight is 339 g/mol. The maximum atomic E-state index is 12.6. The first-order valence-corrected chi connectivity index (χ1v) is 8.45. The second-order valence-electron chi connectivity index (χ2n) is 6.56. The number of carbonyl (C=O) groups is 1. The molecular formula is C18H27ClN2O2. The quantitative estimate of drug-likeness (QED) is 0.897. The fourth-order valence-electron chi connectivity index (χ4n) is 3.45. The van der Waals surface area contributed by atoms with E-state index in [9.17, 15) is 4.79 Å². The Morgan fingerprint density at radius 2 is 2.00 bits per heavy atom. The Morgan fingerprint density at radius 1 is 1.26 bits per heavy atom. The summed E-state index contributed by atoms with van der Waals surface area (Å²) in [5, 5.41) is 3.62. The SMILES string of the molecule is CC(CCOc1ccccc1)C(=O)N1CCC2CCC(C1)N2.Cl. The molecule has 0 radical (unpaired) electrons. The zero-order valence-electron chi connectivity index (χ0n) is 13.7. The minimum Gasteiger partial charge on any atom is -0.494 e. The molecule has 2 saturated heterocycles. The van der Waals surface area contributed by atoms with Crippen LogP contribution >= 0.6 is 12.4 Å². The van der Waals surface area contributed by atoms with Gasteiger partial charge in [0.05, 0.1) is 6.61 Å². The summed E-state index contributed by atoms with van der Waals surface area (Å²) in [6.07, 6.45) is 4.34. The van der Waals surface area contributed by atoms with E-state index in [-0.39, 0.29) is 24.2 Å². The summed E-state index contributed by atoms with van der Waals surface area (Å²) in [6, 6.07) is 10.9. The van der Waals surface area contributed by atoms with Crippen molar-refractivity contribution < 1.29 is 9.53 Å². The molecule has 0 aromatic heterocycles. The molecule has 2 heterocycles. The van der Waals surface area contributed by atoms with Crippen molar-refractivity contribution >= 4 is 18.3 Å². The second-order valence-corrected chi connectivity index (χ2v) is 6.56. The standard InChI is InChI=1S/C18H26N2O2.ClH/c1-14(10-12-22-17-5-3-2-4-6-17)18(21)20-11-9-15-7-8-16(13-20)19-15;/h2-6,14-16,19H,7-13H2,1H3;1H. The molecule has 0 saturated carbocycles. The van der Waals surface area contributed by atoms with E-state index in [2.05, 4.69) is 10.2 Å². The summed E-state index contributed by atoms with van der Waals surface area (Å²) in [5.74, 6) is 1.18. The summed E-state index contributed by atoms with van der Waals surface area (Å²) < 4.78 is 5.71. The van der Waals surface area contributed by atoms with Gasteiger partial charge in [0, 0.05) is 31.1 Å². The molecule has 128 valence electrons. The van der Waals surface area contributed by atoms with E-state index in [1.165, 1.54) is 12.8 Å². The number of likely N-dealkylation sites (tertiary alicyclic amines) is 1. The molecule has 2 aliphatic rings. The molecule has 3 rings (SSSR count). The number of para-hydroxylation sites is 1. The number of hydrogen-bond donors (Lipinski definition) is 1. The van der Waals surface area contributed by atoms with Gasteiger partial charge in [-0.25, -0.2) is 0 Å². The zero-order chi connectivity index (χ0) is 15.4. The van der Waals surface area contributed by atoms with Gasteiger partial charge in [0.1, 0.15) is 5.75 Å². The molecular weight excluding hydrogens is 312 g/mol. The van der Waals surface area contributed by atoms with Crippen molar-refractivity contribution in [1.82, 2.24) is 10.2 Å². The lowest BCUT2D eigenvalue weighted by molar-refractivity contribution is -0.135. The Bertz CT molecular complexity index is 497. The molecule has 23 heavy (non-hydrogen) atoms. The Balaban J connectivity index is 0.00000192. The maximum absolute atomic E-state index is 12.6. The maximum Gasteiger partial charge on any atom is 0.225 e. The Hall–Kier alpha value is -1.26. The van der Waals surface area contributed by atoms with Crippen LogP contribution in [0.25, 0.3) is 0 Å². The molecule has 3 atom stereocenters. The van der Waals surface area contributed by atoms with Gasteiger partial charge in [-0.15, -0.1) is 12.4 Å². The van der Waals surface area contributed by atoms with Gasteiger partial charge in [-0.1, -0.05) is 25.1 Å². The van der Waals surface area contributed by atoms with Gasteiger partial charge in [0.2, 0.25) is 5.91 Å². The molecule has 2 bridgehead atoms.